The summed E-state index contributed by atoms with van der Waals surface area (Å²) < 4.78 is 106. The summed E-state index contributed by atoms with van der Waals surface area (Å²) in [6, 6.07) is 4.55. The van der Waals surface area contributed by atoms with Crippen LogP contribution in [0.5, 0.6) is 0 Å². The van der Waals surface area contributed by atoms with Crippen LogP contribution in [0, 0.1) is 11.8 Å². The van der Waals surface area contributed by atoms with Crippen molar-refractivity contribution in [1.29, 1.82) is 0 Å². The van der Waals surface area contributed by atoms with Gasteiger partial charge in [0.05, 0.1) is 42.0 Å². The molecule has 242 valence electrons. The number of H-pyrrole nitrogens is 1. The Kier molecular flexibility index (Phi) is 9.59. The van der Waals surface area contributed by atoms with Crippen LogP contribution in [0.2, 0.25) is 0 Å². The molecule has 0 saturated heterocycles. The standard InChI is InChI=1S/C28H32F8N6O2/c1-15(28(34,35)36)13-22(43)38-16(2)18-3-4-19-20(14-18)40-24(39-19)23(17-5-8-26(29,30)9-6-17)41-25(44)21-7-11-37-42(21)12-10-27(31,32)33/h3-4,7,11,14-17,23H,5-6,8-10,12-13H2,1-2H3,(H,38,43)(H,39,40)(H,41,44)/t15-,16+,23-/m0/s1. The zero-order valence-electron chi connectivity index (χ0n) is 23.8. The minimum absolute atomic E-state index is 0.0486. The number of hydrogen-bond donors (Lipinski definition) is 3. The molecule has 1 fully saturated rings. The van der Waals surface area contributed by atoms with Gasteiger partial charge in [-0.3, -0.25) is 14.3 Å². The van der Waals surface area contributed by atoms with Crippen molar-refractivity contribution >= 4 is 22.8 Å². The minimum Gasteiger partial charge on any atom is -0.350 e. The summed E-state index contributed by atoms with van der Waals surface area (Å²) in [6.45, 7) is 1.93. The second-order valence-corrected chi connectivity index (χ2v) is 11.3. The van der Waals surface area contributed by atoms with E-state index in [-0.39, 0.29) is 24.4 Å². The van der Waals surface area contributed by atoms with Crippen molar-refractivity contribution in [2.45, 2.75) is 89.3 Å². The van der Waals surface area contributed by atoms with Gasteiger partial charge < -0.3 is 15.6 Å². The molecule has 1 aliphatic carbocycles. The molecule has 1 saturated carbocycles. The quantitative estimate of drug-likeness (QED) is 0.214. The molecule has 44 heavy (non-hydrogen) atoms. The van der Waals surface area contributed by atoms with Crippen molar-refractivity contribution in [1.82, 2.24) is 30.4 Å². The number of amides is 2. The van der Waals surface area contributed by atoms with Gasteiger partial charge in [0, 0.05) is 25.5 Å². The fraction of sp³-hybridized carbons (Fsp3) is 0.571. The van der Waals surface area contributed by atoms with E-state index in [4.69, 9.17) is 0 Å². The number of imidazole rings is 1. The number of halogens is 8. The molecule has 1 aromatic carbocycles. The van der Waals surface area contributed by atoms with Crippen LogP contribution < -0.4 is 10.6 Å². The van der Waals surface area contributed by atoms with Crippen LogP contribution >= 0.6 is 0 Å². The molecule has 2 aromatic heterocycles. The number of aryl methyl sites for hydroxylation is 1. The van der Waals surface area contributed by atoms with Crippen LogP contribution in [0.1, 0.15) is 86.3 Å². The number of rotatable bonds is 10. The molecule has 0 radical (unpaired) electrons. The maximum Gasteiger partial charge on any atom is 0.392 e. The number of nitrogens with zero attached hydrogens (tertiary/aromatic N) is 3. The van der Waals surface area contributed by atoms with E-state index in [1.54, 1.807) is 25.1 Å². The smallest absolute Gasteiger partial charge is 0.350 e. The van der Waals surface area contributed by atoms with Gasteiger partial charge >= 0.3 is 12.4 Å². The van der Waals surface area contributed by atoms with Gasteiger partial charge in [0.25, 0.3) is 5.91 Å². The second kappa shape index (κ2) is 12.7. The first-order valence-corrected chi connectivity index (χ1v) is 14.0. The molecule has 0 aliphatic heterocycles. The molecule has 8 nitrogen and oxygen atoms in total. The lowest BCUT2D eigenvalue weighted by atomic mass is 9.81. The fourth-order valence-corrected chi connectivity index (χ4v) is 5.20. The zero-order chi connectivity index (χ0) is 32.4. The number of carbonyl (C=O) groups is 2. The fourth-order valence-electron chi connectivity index (χ4n) is 5.20. The van der Waals surface area contributed by atoms with Crippen LogP contribution in [0.25, 0.3) is 11.0 Å². The molecule has 1 aliphatic rings. The maximum atomic E-state index is 14.0. The first kappa shape index (κ1) is 33.2. The number of aromatic nitrogens is 4. The van der Waals surface area contributed by atoms with Gasteiger partial charge in [0.15, 0.2) is 0 Å². The van der Waals surface area contributed by atoms with Gasteiger partial charge in [-0.05, 0) is 49.4 Å². The van der Waals surface area contributed by atoms with Gasteiger partial charge in [0.1, 0.15) is 11.5 Å². The van der Waals surface area contributed by atoms with Crippen molar-refractivity contribution in [3.05, 3.63) is 47.5 Å². The van der Waals surface area contributed by atoms with Gasteiger partial charge in [-0.25, -0.2) is 13.8 Å². The third-order valence-corrected chi connectivity index (χ3v) is 7.82. The lowest BCUT2D eigenvalue weighted by Crippen LogP contribution is -2.38. The summed E-state index contributed by atoms with van der Waals surface area (Å²) in [4.78, 5) is 33.1. The highest BCUT2D eigenvalue weighted by Gasteiger charge is 2.40. The molecular formula is C28H32F8N6O2. The minimum atomic E-state index is -4.51. The second-order valence-electron chi connectivity index (χ2n) is 11.3. The van der Waals surface area contributed by atoms with Crippen LogP contribution in [-0.4, -0.2) is 49.8 Å². The molecule has 0 unspecified atom stereocenters. The first-order chi connectivity index (χ1) is 20.4. The summed E-state index contributed by atoms with van der Waals surface area (Å²) >= 11 is 0. The summed E-state index contributed by atoms with van der Waals surface area (Å²) in [5, 5.41) is 9.10. The summed E-state index contributed by atoms with van der Waals surface area (Å²) in [7, 11) is 0. The van der Waals surface area contributed by atoms with E-state index in [2.05, 4.69) is 25.7 Å². The van der Waals surface area contributed by atoms with Crippen molar-refractivity contribution in [2.24, 2.45) is 11.8 Å². The third kappa shape index (κ3) is 8.46. The van der Waals surface area contributed by atoms with Crippen molar-refractivity contribution < 1.29 is 44.7 Å². The van der Waals surface area contributed by atoms with Crippen molar-refractivity contribution in [3.8, 4) is 0 Å². The van der Waals surface area contributed by atoms with Crippen LogP contribution in [0.15, 0.2) is 30.5 Å². The Labute approximate surface area is 247 Å². The van der Waals surface area contributed by atoms with Crippen LogP contribution in [-0.2, 0) is 11.3 Å². The topological polar surface area (TPSA) is 105 Å². The van der Waals surface area contributed by atoms with Crippen LogP contribution in [0.3, 0.4) is 0 Å². The van der Waals surface area contributed by atoms with E-state index in [0.717, 1.165) is 11.6 Å². The van der Waals surface area contributed by atoms with E-state index < -0.39 is 86.2 Å². The number of aromatic amines is 1. The normalized spacial score (nSPS) is 18.1. The van der Waals surface area contributed by atoms with Crippen molar-refractivity contribution in [3.63, 3.8) is 0 Å². The highest BCUT2D eigenvalue weighted by atomic mass is 19.4. The van der Waals surface area contributed by atoms with E-state index in [1.807, 2.05) is 0 Å². The molecule has 2 amide bonds. The van der Waals surface area contributed by atoms with E-state index in [1.165, 1.54) is 12.3 Å². The highest BCUT2D eigenvalue weighted by Crippen LogP contribution is 2.41. The predicted molar refractivity (Wildman–Crippen MR) is 142 cm³/mol. The highest BCUT2D eigenvalue weighted by molar-refractivity contribution is 5.92. The average molecular weight is 637 g/mol. The number of carbonyl (C=O) groups excluding carboxylic acids is 2. The maximum absolute atomic E-state index is 14.0. The molecule has 3 N–H and O–H groups in total. The van der Waals surface area contributed by atoms with Crippen molar-refractivity contribution in [2.75, 3.05) is 0 Å². The SMILES string of the molecule is C[C@@H](NC(=O)C[C@H](C)C(F)(F)F)c1ccc2nc([C@@H](NC(=O)c3ccnn3CCC(F)(F)F)C3CCC(F)(F)CC3)[nH]c2c1. The Bertz CT molecular complexity index is 1450. The Hall–Kier alpha value is -3.72. The van der Waals surface area contributed by atoms with Gasteiger partial charge in [-0.15, -0.1) is 0 Å². The van der Waals surface area contributed by atoms with E-state index in [0.29, 0.717) is 16.6 Å². The van der Waals surface area contributed by atoms with E-state index >= 15 is 0 Å². The van der Waals surface area contributed by atoms with Gasteiger partial charge in [-0.2, -0.15) is 31.4 Å². The molecule has 3 atom stereocenters. The molecule has 4 rings (SSSR count). The summed E-state index contributed by atoms with van der Waals surface area (Å²) in [5.74, 6) is -6.45. The largest absolute Gasteiger partial charge is 0.392 e. The molecule has 16 heteroatoms. The van der Waals surface area contributed by atoms with Gasteiger partial charge in [0.2, 0.25) is 11.8 Å². The Balaban J connectivity index is 1.56. The summed E-state index contributed by atoms with van der Waals surface area (Å²) in [5.41, 5.74) is 1.30. The van der Waals surface area contributed by atoms with E-state index in [9.17, 15) is 44.7 Å². The molecule has 0 spiro atoms. The Morgan fingerprint density at radius 1 is 1.07 bits per heavy atom. The predicted octanol–water partition coefficient (Wildman–Crippen LogP) is 6.77. The summed E-state index contributed by atoms with van der Waals surface area (Å²) in [6.07, 6.45) is -10.5. The Morgan fingerprint density at radius 3 is 2.39 bits per heavy atom. The number of fused-ring (bicyclic) bond motifs is 1. The monoisotopic (exact) mass is 636 g/mol. The third-order valence-electron chi connectivity index (χ3n) is 7.82. The molecule has 0 bridgehead atoms. The number of alkyl halides is 8. The Morgan fingerprint density at radius 2 is 1.75 bits per heavy atom. The zero-order valence-corrected chi connectivity index (χ0v) is 23.8. The van der Waals surface area contributed by atoms with Gasteiger partial charge in [-0.1, -0.05) is 13.0 Å². The number of nitrogens with one attached hydrogen (secondary N) is 3. The number of benzene rings is 1. The first-order valence-electron chi connectivity index (χ1n) is 14.0. The molecule has 2 heterocycles. The molecule has 3 aromatic rings. The average Bonchev–Trinajstić information content (AvgIpc) is 3.56. The molecular weight excluding hydrogens is 604 g/mol. The number of hydrogen-bond acceptors (Lipinski definition) is 4. The lowest BCUT2D eigenvalue weighted by Gasteiger charge is -2.33. The van der Waals surface area contributed by atoms with Crippen LogP contribution in [0.4, 0.5) is 35.1 Å². The lowest BCUT2D eigenvalue weighted by molar-refractivity contribution is -0.174.